The van der Waals surface area contributed by atoms with Gasteiger partial charge in [0.05, 0.1) is 5.75 Å². The molecule has 0 saturated heterocycles. The van der Waals surface area contributed by atoms with Gasteiger partial charge in [-0.2, -0.15) is 0 Å². The minimum Gasteiger partial charge on any atom is -0.325 e. The summed E-state index contributed by atoms with van der Waals surface area (Å²) in [5.74, 6) is 1.06. The van der Waals surface area contributed by atoms with E-state index in [9.17, 15) is 4.79 Å². The van der Waals surface area contributed by atoms with Crippen LogP contribution in [0, 0.1) is 13.8 Å². The predicted molar refractivity (Wildman–Crippen MR) is 130 cm³/mol. The fraction of sp³-hybridized carbons (Fsp3) is 0.208. The minimum atomic E-state index is -0.0601. The molecule has 0 aliphatic carbocycles. The Labute approximate surface area is 190 Å². The van der Waals surface area contributed by atoms with Crippen LogP contribution in [0.25, 0.3) is 22.5 Å². The van der Waals surface area contributed by atoms with Crippen LogP contribution >= 0.6 is 23.1 Å². The molecule has 0 spiro atoms. The van der Waals surface area contributed by atoms with E-state index < -0.39 is 0 Å². The van der Waals surface area contributed by atoms with Crippen molar-refractivity contribution in [1.82, 2.24) is 14.8 Å². The van der Waals surface area contributed by atoms with Crippen molar-refractivity contribution in [3.8, 4) is 22.5 Å². The fourth-order valence-corrected chi connectivity index (χ4v) is 5.09. The molecule has 1 amide bonds. The van der Waals surface area contributed by atoms with Crippen molar-refractivity contribution >= 4 is 34.7 Å². The van der Waals surface area contributed by atoms with Crippen molar-refractivity contribution in [2.75, 3.05) is 11.1 Å². The number of rotatable bonds is 7. The standard InChI is InChI=1S/C24H24N4OS2/c1-4-28-23(20-14-30-17(3)22(20)18-12-10-16(2)11-13-18)26-27-24(28)31-15-21(29)25-19-8-6-5-7-9-19/h5-14H,4,15H2,1-3H3,(H,25,29). The SMILES string of the molecule is CCn1c(SCC(=O)Nc2ccccc2)nnc1-c1csc(C)c1-c1ccc(C)cc1. The highest BCUT2D eigenvalue weighted by Crippen LogP contribution is 2.39. The van der Waals surface area contributed by atoms with Gasteiger partial charge in [0.1, 0.15) is 0 Å². The van der Waals surface area contributed by atoms with Crippen LogP contribution in [0.1, 0.15) is 17.4 Å². The summed E-state index contributed by atoms with van der Waals surface area (Å²) in [5, 5.41) is 14.7. The van der Waals surface area contributed by atoms with Crippen molar-refractivity contribution in [3.05, 3.63) is 70.4 Å². The van der Waals surface area contributed by atoms with Crippen molar-refractivity contribution in [1.29, 1.82) is 0 Å². The van der Waals surface area contributed by atoms with Crippen LogP contribution in [-0.4, -0.2) is 26.4 Å². The first-order valence-corrected chi connectivity index (χ1v) is 12.0. The number of carbonyl (C=O) groups is 1. The fourth-order valence-electron chi connectivity index (χ4n) is 3.43. The Bertz CT molecular complexity index is 1180. The zero-order valence-electron chi connectivity index (χ0n) is 17.8. The predicted octanol–water partition coefficient (Wildman–Crippen LogP) is 6.04. The molecule has 0 bridgehead atoms. The maximum Gasteiger partial charge on any atom is 0.234 e. The van der Waals surface area contributed by atoms with Crippen molar-refractivity contribution in [2.45, 2.75) is 32.5 Å². The Kier molecular flexibility index (Phi) is 6.53. The Hall–Kier alpha value is -2.90. The topological polar surface area (TPSA) is 59.8 Å². The highest BCUT2D eigenvalue weighted by atomic mass is 32.2. The lowest BCUT2D eigenvalue weighted by atomic mass is 10.0. The summed E-state index contributed by atoms with van der Waals surface area (Å²) in [4.78, 5) is 13.6. The molecule has 5 nitrogen and oxygen atoms in total. The third-order valence-corrected chi connectivity index (χ3v) is 6.86. The van der Waals surface area contributed by atoms with Crippen LogP contribution in [0.3, 0.4) is 0 Å². The lowest BCUT2D eigenvalue weighted by Gasteiger charge is -2.10. The molecule has 2 aromatic carbocycles. The molecule has 0 aliphatic heterocycles. The molecule has 0 fully saturated rings. The largest absolute Gasteiger partial charge is 0.325 e. The number of benzene rings is 2. The molecule has 0 saturated carbocycles. The first kappa shape index (κ1) is 21.3. The van der Waals surface area contributed by atoms with E-state index in [2.05, 4.69) is 70.5 Å². The number of hydrogen-bond acceptors (Lipinski definition) is 5. The van der Waals surface area contributed by atoms with Crippen LogP contribution in [-0.2, 0) is 11.3 Å². The van der Waals surface area contributed by atoms with Gasteiger partial charge in [-0.1, -0.05) is 59.8 Å². The summed E-state index contributed by atoms with van der Waals surface area (Å²) < 4.78 is 2.08. The van der Waals surface area contributed by atoms with Gasteiger partial charge in [-0.25, -0.2) is 0 Å². The normalized spacial score (nSPS) is 10.9. The van der Waals surface area contributed by atoms with Crippen LogP contribution in [0.5, 0.6) is 0 Å². The van der Waals surface area contributed by atoms with Gasteiger partial charge in [0, 0.05) is 33.6 Å². The zero-order valence-corrected chi connectivity index (χ0v) is 19.4. The molecule has 4 rings (SSSR count). The number of aromatic nitrogens is 3. The lowest BCUT2D eigenvalue weighted by molar-refractivity contribution is -0.113. The van der Waals surface area contributed by atoms with E-state index in [0.717, 1.165) is 28.8 Å². The van der Waals surface area contributed by atoms with Crippen molar-refractivity contribution < 1.29 is 4.79 Å². The number of anilines is 1. The number of thioether (sulfide) groups is 1. The Morgan fingerprint density at radius 1 is 1.06 bits per heavy atom. The van der Waals surface area contributed by atoms with Crippen molar-refractivity contribution in [2.24, 2.45) is 0 Å². The van der Waals surface area contributed by atoms with E-state index >= 15 is 0 Å². The van der Waals surface area contributed by atoms with Gasteiger partial charge in [0.25, 0.3) is 0 Å². The van der Waals surface area contributed by atoms with E-state index in [4.69, 9.17) is 0 Å². The molecule has 2 heterocycles. The molecule has 2 aromatic heterocycles. The van der Waals surface area contributed by atoms with Gasteiger partial charge < -0.3 is 9.88 Å². The molecule has 0 unspecified atom stereocenters. The third-order valence-electron chi connectivity index (χ3n) is 4.98. The number of amides is 1. The summed E-state index contributed by atoms with van der Waals surface area (Å²) in [7, 11) is 0. The highest BCUT2D eigenvalue weighted by Gasteiger charge is 2.20. The molecule has 4 aromatic rings. The Morgan fingerprint density at radius 2 is 1.81 bits per heavy atom. The third kappa shape index (κ3) is 4.73. The maximum absolute atomic E-state index is 12.3. The molecule has 0 atom stereocenters. The highest BCUT2D eigenvalue weighted by molar-refractivity contribution is 7.99. The second-order valence-electron chi connectivity index (χ2n) is 7.20. The van der Waals surface area contributed by atoms with Gasteiger partial charge in [0.2, 0.25) is 5.91 Å². The number of carbonyl (C=O) groups excluding carboxylic acids is 1. The summed E-state index contributed by atoms with van der Waals surface area (Å²) in [6.07, 6.45) is 0. The Morgan fingerprint density at radius 3 is 2.52 bits per heavy atom. The van der Waals surface area contributed by atoms with E-state index in [-0.39, 0.29) is 11.7 Å². The smallest absolute Gasteiger partial charge is 0.234 e. The lowest BCUT2D eigenvalue weighted by Crippen LogP contribution is -2.14. The van der Waals surface area contributed by atoms with E-state index in [1.165, 1.54) is 33.3 Å². The number of nitrogens with zero attached hydrogens (tertiary/aromatic N) is 3. The number of para-hydroxylation sites is 1. The van der Waals surface area contributed by atoms with E-state index in [0.29, 0.717) is 0 Å². The van der Waals surface area contributed by atoms with Crippen LogP contribution in [0.15, 0.2) is 65.1 Å². The van der Waals surface area contributed by atoms with Crippen LogP contribution in [0.4, 0.5) is 5.69 Å². The number of nitrogens with one attached hydrogen (secondary N) is 1. The molecule has 158 valence electrons. The molecule has 1 N–H and O–H groups in total. The molecular formula is C24H24N4OS2. The first-order chi connectivity index (χ1) is 15.1. The summed E-state index contributed by atoms with van der Waals surface area (Å²) in [5.41, 5.74) is 5.50. The van der Waals surface area contributed by atoms with Gasteiger partial charge >= 0.3 is 0 Å². The number of hydrogen-bond donors (Lipinski definition) is 1. The molecule has 7 heteroatoms. The quantitative estimate of drug-likeness (QED) is 0.350. The van der Waals surface area contributed by atoms with Gasteiger partial charge in [0.15, 0.2) is 11.0 Å². The van der Waals surface area contributed by atoms with Crippen LogP contribution < -0.4 is 5.32 Å². The monoisotopic (exact) mass is 448 g/mol. The number of thiophene rings is 1. The molecule has 0 aliphatic rings. The van der Waals surface area contributed by atoms with Gasteiger partial charge in [-0.05, 0) is 38.5 Å². The zero-order chi connectivity index (χ0) is 21.8. The number of aryl methyl sites for hydroxylation is 2. The Balaban J connectivity index is 1.57. The molecule has 0 radical (unpaired) electrons. The first-order valence-electron chi connectivity index (χ1n) is 10.1. The van der Waals surface area contributed by atoms with Gasteiger partial charge in [-0.3, -0.25) is 4.79 Å². The van der Waals surface area contributed by atoms with E-state index in [1.54, 1.807) is 11.3 Å². The average Bonchev–Trinajstić information content (AvgIpc) is 3.36. The van der Waals surface area contributed by atoms with Crippen molar-refractivity contribution in [3.63, 3.8) is 0 Å². The second kappa shape index (κ2) is 9.49. The van der Waals surface area contributed by atoms with Crippen LogP contribution in [0.2, 0.25) is 0 Å². The maximum atomic E-state index is 12.3. The minimum absolute atomic E-state index is 0.0601. The van der Waals surface area contributed by atoms with E-state index in [1.807, 2.05) is 30.3 Å². The average molecular weight is 449 g/mol. The van der Waals surface area contributed by atoms with Gasteiger partial charge in [-0.15, -0.1) is 21.5 Å². The summed E-state index contributed by atoms with van der Waals surface area (Å²) >= 11 is 3.13. The second-order valence-corrected chi connectivity index (χ2v) is 9.23. The summed E-state index contributed by atoms with van der Waals surface area (Å²) in [6, 6.07) is 18.1. The summed E-state index contributed by atoms with van der Waals surface area (Å²) in [6.45, 7) is 7.04. The molecular weight excluding hydrogens is 424 g/mol. The molecule has 31 heavy (non-hydrogen) atoms.